The second-order valence-electron chi connectivity index (χ2n) is 5.48. The normalized spacial score (nSPS) is 11.3. The lowest BCUT2D eigenvalue weighted by Gasteiger charge is -2.10. The van der Waals surface area contributed by atoms with Gasteiger partial charge in [0.25, 0.3) is 11.5 Å². The fourth-order valence-electron chi connectivity index (χ4n) is 2.09. The predicted octanol–water partition coefficient (Wildman–Crippen LogP) is 1.62. The van der Waals surface area contributed by atoms with Gasteiger partial charge in [0.2, 0.25) is 0 Å². The van der Waals surface area contributed by atoms with Crippen LogP contribution in [0.4, 0.5) is 5.69 Å². The number of nitrogens with one attached hydrogen (secondary N) is 1. The van der Waals surface area contributed by atoms with E-state index in [1.54, 1.807) is 13.0 Å². The van der Waals surface area contributed by atoms with E-state index in [1.165, 1.54) is 28.9 Å². The van der Waals surface area contributed by atoms with Crippen molar-refractivity contribution >= 4 is 21.4 Å². The van der Waals surface area contributed by atoms with Gasteiger partial charge in [-0.15, -0.1) is 0 Å². The van der Waals surface area contributed by atoms with Crippen molar-refractivity contribution < 1.29 is 13.2 Å². The molecule has 1 N–H and O–H groups in total. The third-order valence-corrected chi connectivity index (χ3v) is 4.53. The minimum Gasteiger partial charge on any atom is -0.320 e. The quantitative estimate of drug-likeness (QED) is 0.884. The molecule has 0 fully saturated rings. The van der Waals surface area contributed by atoms with Gasteiger partial charge in [0, 0.05) is 24.6 Å². The Bertz CT molecular complexity index is 933. The molecule has 0 aliphatic heterocycles. The summed E-state index contributed by atoms with van der Waals surface area (Å²) in [5.74, 6) is -0.506. The summed E-state index contributed by atoms with van der Waals surface area (Å²) in [7, 11) is -3.37. The van der Waals surface area contributed by atoms with Crippen LogP contribution in [0, 0.1) is 6.92 Å². The van der Waals surface area contributed by atoms with E-state index in [0.29, 0.717) is 18.7 Å². The van der Waals surface area contributed by atoms with Crippen molar-refractivity contribution in [2.75, 3.05) is 11.6 Å². The summed E-state index contributed by atoms with van der Waals surface area (Å²) in [5, 5.41) is 6.68. The van der Waals surface area contributed by atoms with Crippen molar-refractivity contribution in [3.63, 3.8) is 0 Å². The van der Waals surface area contributed by atoms with E-state index >= 15 is 0 Å². The van der Waals surface area contributed by atoms with E-state index in [0.717, 1.165) is 11.8 Å². The number of hydrogen-bond donors (Lipinski definition) is 1. The van der Waals surface area contributed by atoms with Gasteiger partial charge in [-0.3, -0.25) is 9.59 Å². The minimum absolute atomic E-state index is 0.0900. The number of nitrogens with zero attached hydrogens (tertiary/aromatic N) is 2. The van der Waals surface area contributed by atoms with Crippen molar-refractivity contribution in [3.8, 4) is 0 Å². The lowest BCUT2D eigenvalue weighted by Crippen LogP contribution is -2.26. The first kappa shape index (κ1) is 17.9. The highest BCUT2D eigenvalue weighted by Gasteiger charge is 2.14. The largest absolute Gasteiger partial charge is 0.320 e. The molecule has 1 amide bonds. The number of aryl methyl sites for hydroxylation is 2. The first-order valence-electron chi connectivity index (χ1n) is 7.42. The van der Waals surface area contributed by atoms with Crippen LogP contribution in [0.5, 0.6) is 0 Å². The zero-order valence-corrected chi connectivity index (χ0v) is 14.6. The second-order valence-corrected chi connectivity index (χ2v) is 7.50. The van der Waals surface area contributed by atoms with Crippen LogP contribution in [-0.2, 0) is 16.4 Å². The van der Waals surface area contributed by atoms with Crippen molar-refractivity contribution in [2.24, 2.45) is 0 Å². The average molecular weight is 349 g/mol. The van der Waals surface area contributed by atoms with Crippen molar-refractivity contribution in [1.29, 1.82) is 0 Å². The fraction of sp³-hybridized carbons (Fsp3) is 0.312. The Balaban J connectivity index is 2.33. The van der Waals surface area contributed by atoms with Gasteiger partial charge in [-0.2, -0.15) is 5.10 Å². The standard InChI is InChI=1S/C16H19N3O4S/c1-4-9-19-15(20)8-7-13(18-19)16(21)17-14-10-12(24(3,22)23)6-5-11(14)2/h5-8,10H,4,9H2,1-3H3,(H,17,21). The van der Waals surface area contributed by atoms with E-state index in [2.05, 4.69) is 10.4 Å². The Kier molecular flexibility index (Phi) is 5.18. The molecule has 0 radical (unpaired) electrons. The minimum atomic E-state index is -3.37. The third-order valence-electron chi connectivity index (χ3n) is 3.42. The summed E-state index contributed by atoms with van der Waals surface area (Å²) in [4.78, 5) is 24.1. The molecule has 128 valence electrons. The number of carbonyl (C=O) groups is 1. The fourth-order valence-corrected chi connectivity index (χ4v) is 2.74. The molecule has 2 aromatic rings. The maximum atomic E-state index is 12.4. The summed E-state index contributed by atoms with van der Waals surface area (Å²) in [6.07, 6.45) is 1.82. The first-order chi connectivity index (χ1) is 11.2. The molecule has 1 aromatic heterocycles. The molecule has 7 nitrogen and oxygen atoms in total. The van der Waals surface area contributed by atoms with Crippen LogP contribution >= 0.6 is 0 Å². The Morgan fingerprint density at radius 3 is 2.58 bits per heavy atom. The summed E-state index contributed by atoms with van der Waals surface area (Å²) in [6.45, 7) is 4.08. The van der Waals surface area contributed by atoms with Gasteiger partial charge in [0.05, 0.1) is 4.90 Å². The van der Waals surface area contributed by atoms with Crippen LogP contribution in [-0.4, -0.2) is 30.4 Å². The molecule has 8 heteroatoms. The Labute approximate surface area is 140 Å². The molecule has 24 heavy (non-hydrogen) atoms. The first-order valence-corrected chi connectivity index (χ1v) is 9.31. The highest BCUT2D eigenvalue weighted by atomic mass is 32.2. The molecule has 1 aromatic carbocycles. The number of aromatic nitrogens is 2. The van der Waals surface area contributed by atoms with E-state index in [4.69, 9.17) is 0 Å². The molecular weight excluding hydrogens is 330 g/mol. The summed E-state index contributed by atoms with van der Waals surface area (Å²) < 4.78 is 24.5. The van der Waals surface area contributed by atoms with Gasteiger partial charge in [-0.1, -0.05) is 13.0 Å². The van der Waals surface area contributed by atoms with E-state index in [1.807, 2.05) is 6.92 Å². The van der Waals surface area contributed by atoms with Gasteiger partial charge < -0.3 is 5.32 Å². The number of hydrogen-bond acceptors (Lipinski definition) is 5. The summed E-state index contributed by atoms with van der Waals surface area (Å²) >= 11 is 0. The van der Waals surface area contributed by atoms with Crippen LogP contribution in [0.1, 0.15) is 29.4 Å². The van der Waals surface area contributed by atoms with E-state index in [-0.39, 0.29) is 16.1 Å². The van der Waals surface area contributed by atoms with Crippen LogP contribution in [0.15, 0.2) is 40.0 Å². The molecule has 0 saturated heterocycles. The highest BCUT2D eigenvalue weighted by molar-refractivity contribution is 7.90. The lowest BCUT2D eigenvalue weighted by atomic mass is 10.2. The molecule has 0 saturated carbocycles. The predicted molar refractivity (Wildman–Crippen MR) is 91.0 cm³/mol. The smallest absolute Gasteiger partial charge is 0.276 e. The van der Waals surface area contributed by atoms with Crippen LogP contribution in [0.2, 0.25) is 0 Å². The van der Waals surface area contributed by atoms with E-state index < -0.39 is 15.7 Å². The van der Waals surface area contributed by atoms with Crippen molar-refractivity contribution in [1.82, 2.24) is 9.78 Å². The maximum absolute atomic E-state index is 12.4. The molecule has 0 aliphatic carbocycles. The van der Waals surface area contributed by atoms with Crippen LogP contribution < -0.4 is 10.9 Å². The number of amides is 1. The monoisotopic (exact) mass is 349 g/mol. The highest BCUT2D eigenvalue weighted by Crippen LogP contribution is 2.20. The lowest BCUT2D eigenvalue weighted by molar-refractivity contribution is 0.101. The molecular formula is C16H19N3O4S. The number of sulfone groups is 1. The van der Waals surface area contributed by atoms with Gasteiger partial charge in [0.15, 0.2) is 9.84 Å². The average Bonchev–Trinajstić information content (AvgIpc) is 2.50. The Morgan fingerprint density at radius 1 is 1.25 bits per heavy atom. The summed E-state index contributed by atoms with van der Waals surface area (Å²) in [5.41, 5.74) is 0.923. The van der Waals surface area contributed by atoms with Crippen LogP contribution in [0.25, 0.3) is 0 Å². The number of anilines is 1. The van der Waals surface area contributed by atoms with Crippen LogP contribution in [0.3, 0.4) is 0 Å². The topological polar surface area (TPSA) is 98.1 Å². The van der Waals surface area contributed by atoms with Gasteiger partial charge in [-0.25, -0.2) is 13.1 Å². The molecule has 0 bridgehead atoms. The van der Waals surface area contributed by atoms with Gasteiger partial charge in [-0.05, 0) is 37.1 Å². The molecule has 1 heterocycles. The second kappa shape index (κ2) is 6.96. The van der Waals surface area contributed by atoms with E-state index in [9.17, 15) is 18.0 Å². The van der Waals surface area contributed by atoms with Gasteiger partial charge in [0.1, 0.15) is 5.69 Å². The molecule has 0 unspecified atom stereocenters. The maximum Gasteiger partial charge on any atom is 0.276 e. The number of rotatable bonds is 5. The molecule has 2 rings (SSSR count). The zero-order valence-electron chi connectivity index (χ0n) is 13.7. The van der Waals surface area contributed by atoms with Crippen molar-refractivity contribution in [3.05, 3.63) is 51.9 Å². The zero-order chi connectivity index (χ0) is 17.9. The third kappa shape index (κ3) is 4.08. The Morgan fingerprint density at radius 2 is 1.96 bits per heavy atom. The summed E-state index contributed by atoms with van der Waals surface area (Å²) in [6, 6.07) is 7.15. The molecule has 0 aliphatic rings. The van der Waals surface area contributed by atoms with Crippen molar-refractivity contribution in [2.45, 2.75) is 31.7 Å². The SMILES string of the molecule is CCCn1nc(C(=O)Nc2cc(S(C)(=O)=O)ccc2C)ccc1=O. The Hall–Kier alpha value is -2.48. The molecule has 0 spiro atoms. The molecule has 0 atom stereocenters. The number of carbonyl (C=O) groups excluding carboxylic acids is 1. The number of benzene rings is 1. The van der Waals surface area contributed by atoms with Gasteiger partial charge >= 0.3 is 0 Å².